The van der Waals surface area contributed by atoms with E-state index >= 15 is 0 Å². The fraction of sp³-hybridized carbons (Fsp3) is 0.538. The zero-order valence-electron chi connectivity index (χ0n) is 10.9. The Morgan fingerprint density at radius 1 is 1.47 bits per heavy atom. The number of nitrogens with zero attached hydrogens (tertiary/aromatic N) is 1. The van der Waals surface area contributed by atoms with E-state index in [0.29, 0.717) is 23.9 Å². The molecule has 0 amide bonds. The summed E-state index contributed by atoms with van der Waals surface area (Å²) in [5.74, 6) is 0.368. The lowest BCUT2D eigenvalue weighted by Gasteiger charge is -2.17. The van der Waals surface area contributed by atoms with Gasteiger partial charge in [0.2, 0.25) is 10.0 Å². The van der Waals surface area contributed by atoms with Gasteiger partial charge < -0.3 is 0 Å². The predicted molar refractivity (Wildman–Crippen MR) is 73.0 cm³/mol. The van der Waals surface area contributed by atoms with E-state index in [1.165, 1.54) is 29.6 Å². The molecule has 0 spiro atoms. The number of halogens is 2. The summed E-state index contributed by atoms with van der Waals surface area (Å²) in [6, 6.07) is 4.00. The summed E-state index contributed by atoms with van der Waals surface area (Å²) in [5, 5.41) is 0. The van der Waals surface area contributed by atoms with E-state index in [9.17, 15) is 12.8 Å². The molecular formula is C13H17ClFNO2S. The van der Waals surface area contributed by atoms with Gasteiger partial charge in [0.15, 0.2) is 0 Å². The molecule has 1 saturated carbocycles. The van der Waals surface area contributed by atoms with Crippen molar-refractivity contribution in [1.82, 2.24) is 4.31 Å². The minimum Gasteiger partial charge on any atom is -0.207 e. The van der Waals surface area contributed by atoms with E-state index in [1.54, 1.807) is 0 Å². The van der Waals surface area contributed by atoms with E-state index in [0.717, 1.165) is 6.42 Å². The van der Waals surface area contributed by atoms with E-state index in [-0.39, 0.29) is 10.8 Å². The van der Waals surface area contributed by atoms with Crippen LogP contribution >= 0.6 is 11.6 Å². The highest BCUT2D eigenvalue weighted by Crippen LogP contribution is 2.38. The summed E-state index contributed by atoms with van der Waals surface area (Å²) in [6.45, 7) is 2.53. The molecule has 1 aliphatic carbocycles. The zero-order valence-corrected chi connectivity index (χ0v) is 12.5. The number of benzene rings is 1. The molecule has 19 heavy (non-hydrogen) atoms. The highest BCUT2D eigenvalue weighted by atomic mass is 35.5. The SMILES string of the molecule is CC1CC1CN(C)S(=O)(=O)c1ccc(CCl)cc1F. The van der Waals surface area contributed by atoms with Crippen molar-refractivity contribution in [1.29, 1.82) is 0 Å². The maximum atomic E-state index is 13.9. The lowest BCUT2D eigenvalue weighted by atomic mass is 10.2. The third-order valence-corrected chi connectivity index (χ3v) is 5.77. The molecule has 1 aromatic rings. The van der Waals surface area contributed by atoms with Crippen LogP contribution in [-0.4, -0.2) is 26.3 Å². The van der Waals surface area contributed by atoms with Crippen molar-refractivity contribution >= 4 is 21.6 Å². The van der Waals surface area contributed by atoms with Gasteiger partial charge in [0, 0.05) is 19.5 Å². The number of sulfonamides is 1. The number of rotatable bonds is 5. The Bertz CT molecular complexity index is 576. The largest absolute Gasteiger partial charge is 0.245 e. The van der Waals surface area contributed by atoms with E-state index in [4.69, 9.17) is 11.6 Å². The molecule has 0 heterocycles. The minimum absolute atomic E-state index is 0.159. The molecule has 2 unspecified atom stereocenters. The first-order valence-electron chi connectivity index (χ1n) is 6.17. The van der Waals surface area contributed by atoms with Crippen molar-refractivity contribution in [2.45, 2.75) is 24.1 Å². The second kappa shape index (κ2) is 5.38. The molecule has 0 radical (unpaired) electrons. The van der Waals surface area contributed by atoms with Crippen molar-refractivity contribution in [3.05, 3.63) is 29.6 Å². The minimum atomic E-state index is -3.76. The molecule has 0 aliphatic heterocycles. The van der Waals surface area contributed by atoms with Gasteiger partial charge >= 0.3 is 0 Å². The van der Waals surface area contributed by atoms with Crippen LogP contribution in [0.2, 0.25) is 0 Å². The monoisotopic (exact) mass is 305 g/mol. The molecule has 106 valence electrons. The van der Waals surface area contributed by atoms with Crippen molar-refractivity contribution in [2.24, 2.45) is 11.8 Å². The highest BCUT2D eigenvalue weighted by Gasteiger charge is 2.36. The molecule has 2 rings (SSSR count). The summed E-state index contributed by atoms with van der Waals surface area (Å²) in [7, 11) is -2.26. The number of hydrogen-bond donors (Lipinski definition) is 0. The van der Waals surface area contributed by atoms with Gasteiger partial charge in [-0.05, 0) is 36.0 Å². The van der Waals surface area contributed by atoms with Gasteiger partial charge in [-0.1, -0.05) is 13.0 Å². The molecule has 2 atom stereocenters. The Morgan fingerprint density at radius 2 is 2.11 bits per heavy atom. The predicted octanol–water partition coefficient (Wildman–Crippen LogP) is 2.84. The summed E-state index contributed by atoms with van der Waals surface area (Å²) < 4.78 is 39.6. The molecule has 3 nitrogen and oxygen atoms in total. The Balaban J connectivity index is 2.23. The van der Waals surface area contributed by atoms with Crippen LogP contribution in [0, 0.1) is 17.7 Å². The fourth-order valence-electron chi connectivity index (χ4n) is 2.09. The molecule has 0 bridgehead atoms. The van der Waals surface area contributed by atoms with Gasteiger partial charge in [-0.2, -0.15) is 0 Å². The van der Waals surface area contributed by atoms with Crippen LogP contribution in [-0.2, 0) is 15.9 Å². The average Bonchev–Trinajstić information content (AvgIpc) is 3.04. The average molecular weight is 306 g/mol. The van der Waals surface area contributed by atoms with Crippen molar-refractivity contribution in [3.8, 4) is 0 Å². The van der Waals surface area contributed by atoms with Crippen LogP contribution in [0.25, 0.3) is 0 Å². The van der Waals surface area contributed by atoms with Crippen LogP contribution in [0.15, 0.2) is 23.1 Å². The van der Waals surface area contributed by atoms with Gasteiger partial charge in [0.05, 0.1) is 0 Å². The lowest BCUT2D eigenvalue weighted by molar-refractivity contribution is 0.440. The van der Waals surface area contributed by atoms with Crippen molar-refractivity contribution in [3.63, 3.8) is 0 Å². The van der Waals surface area contributed by atoms with Crippen LogP contribution in [0.1, 0.15) is 18.9 Å². The Morgan fingerprint density at radius 3 is 2.58 bits per heavy atom. The zero-order chi connectivity index (χ0) is 14.2. The smallest absolute Gasteiger partial charge is 0.207 e. The van der Waals surface area contributed by atoms with Gasteiger partial charge in [0.25, 0.3) is 0 Å². The summed E-state index contributed by atoms with van der Waals surface area (Å²) >= 11 is 5.59. The number of alkyl halides is 1. The van der Waals surface area contributed by atoms with E-state index < -0.39 is 15.8 Å². The van der Waals surface area contributed by atoms with E-state index in [2.05, 4.69) is 6.92 Å². The first-order chi connectivity index (χ1) is 8.86. The molecule has 1 fully saturated rings. The van der Waals surface area contributed by atoms with Gasteiger partial charge in [0.1, 0.15) is 10.7 Å². The van der Waals surface area contributed by atoms with Gasteiger partial charge in [-0.25, -0.2) is 17.1 Å². The normalized spacial score (nSPS) is 22.8. The summed E-state index contributed by atoms with van der Waals surface area (Å²) in [4.78, 5) is -0.280. The molecule has 1 aromatic carbocycles. The topological polar surface area (TPSA) is 37.4 Å². The van der Waals surface area contributed by atoms with Crippen molar-refractivity contribution < 1.29 is 12.8 Å². The Kier molecular flexibility index (Phi) is 4.18. The lowest BCUT2D eigenvalue weighted by Crippen LogP contribution is -2.30. The van der Waals surface area contributed by atoms with Gasteiger partial charge in [-0.3, -0.25) is 0 Å². The van der Waals surface area contributed by atoms with Crippen LogP contribution in [0.3, 0.4) is 0 Å². The van der Waals surface area contributed by atoms with Crippen molar-refractivity contribution in [2.75, 3.05) is 13.6 Å². The molecule has 1 aliphatic rings. The van der Waals surface area contributed by atoms with Gasteiger partial charge in [-0.15, -0.1) is 11.6 Å². The fourth-order valence-corrected chi connectivity index (χ4v) is 3.52. The molecule has 6 heteroatoms. The van der Waals surface area contributed by atoms with Crippen LogP contribution in [0.5, 0.6) is 0 Å². The second-order valence-electron chi connectivity index (χ2n) is 5.16. The maximum Gasteiger partial charge on any atom is 0.245 e. The Labute approximate surface area is 118 Å². The number of hydrogen-bond acceptors (Lipinski definition) is 2. The van der Waals surface area contributed by atoms with Crippen LogP contribution in [0.4, 0.5) is 4.39 Å². The summed E-state index contributed by atoms with van der Waals surface area (Å²) in [5.41, 5.74) is 0.566. The molecule has 0 N–H and O–H groups in total. The van der Waals surface area contributed by atoms with E-state index in [1.807, 2.05) is 0 Å². The maximum absolute atomic E-state index is 13.9. The third kappa shape index (κ3) is 3.09. The first-order valence-corrected chi connectivity index (χ1v) is 8.14. The third-order valence-electron chi connectivity index (χ3n) is 3.61. The van der Waals surface area contributed by atoms with Crippen LogP contribution < -0.4 is 0 Å². The quantitative estimate of drug-likeness (QED) is 0.785. The standard InChI is InChI=1S/C13H17ClFNO2S/c1-9-5-11(9)8-16(2)19(17,18)13-4-3-10(7-14)6-12(13)15/h3-4,6,9,11H,5,7-8H2,1-2H3. The molecule has 0 aromatic heterocycles. The molecule has 0 saturated heterocycles. The molecular weight excluding hydrogens is 289 g/mol. The second-order valence-corrected chi connectivity index (χ2v) is 7.44. The Hall–Kier alpha value is -0.650. The first kappa shape index (κ1) is 14.8. The summed E-state index contributed by atoms with van der Waals surface area (Å²) in [6.07, 6.45) is 1.04. The highest BCUT2D eigenvalue weighted by molar-refractivity contribution is 7.89.